The Hall–Kier alpha value is -1.16. The molecule has 0 aliphatic heterocycles. The maximum absolute atomic E-state index is 11.5. The van der Waals surface area contributed by atoms with Crippen LogP contribution in [0.4, 0.5) is 5.69 Å². The summed E-state index contributed by atoms with van der Waals surface area (Å²) in [5, 5.41) is 2.84. The van der Waals surface area contributed by atoms with E-state index in [9.17, 15) is 4.79 Å². The highest BCUT2D eigenvalue weighted by Gasteiger charge is 2.04. The van der Waals surface area contributed by atoms with E-state index in [4.69, 9.17) is 5.73 Å². The molecule has 15 heavy (non-hydrogen) atoms. The van der Waals surface area contributed by atoms with Gasteiger partial charge >= 0.3 is 0 Å². The number of benzene rings is 1. The summed E-state index contributed by atoms with van der Waals surface area (Å²) in [5.41, 5.74) is 7.31. The highest BCUT2D eigenvalue weighted by Crippen LogP contribution is 2.10. The molecular formula is C11H16N2OS. The van der Waals surface area contributed by atoms with Gasteiger partial charge in [-0.15, -0.1) is 0 Å². The van der Waals surface area contributed by atoms with Crippen molar-refractivity contribution in [1.29, 1.82) is 0 Å². The van der Waals surface area contributed by atoms with Crippen LogP contribution >= 0.6 is 11.8 Å². The first-order valence-electron chi connectivity index (χ1n) is 4.83. The number of nitrogens with two attached hydrogens (primary N) is 1. The van der Waals surface area contributed by atoms with Crippen LogP contribution in [0.25, 0.3) is 0 Å². The van der Waals surface area contributed by atoms with Crippen molar-refractivity contribution in [2.45, 2.75) is 6.42 Å². The van der Waals surface area contributed by atoms with Gasteiger partial charge in [-0.2, -0.15) is 11.8 Å². The normalized spacial score (nSPS) is 9.93. The van der Waals surface area contributed by atoms with E-state index in [1.807, 2.05) is 30.5 Å². The van der Waals surface area contributed by atoms with Gasteiger partial charge in [-0.3, -0.25) is 4.79 Å². The molecular weight excluding hydrogens is 208 g/mol. The van der Waals surface area contributed by atoms with Gasteiger partial charge < -0.3 is 11.1 Å². The lowest BCUT2D eigenvalue weighted by Gasteiger charge is -2.06. The van der Waals surface area contributed by atoms with Gasteiger partial charge in [0.2, 0.25) is 5.91 Å². The molecule has 0 saturated heterocycles. The molecule has 3 nitrogen and oxygen atoms in total. The summed E-state index contributed by atoms with van der Waals surface area (Å²) >= 11 is 1.71. The summed E-state index contributed by atoms with van der Waals surface area (Å²) in [6.07, 6.45) is 2.38. The highest BCUT2D eigenvalue weighted by atomic mass is 32.2. The Morgan fingerprint density at radius 3 is 2.87 bits per heavy atom. The zero-order valence-corrected chi connectivity index (χ0v) is 9.64. The van der Waals surface area contributed by atoms with E-state index >= 15 is 0 Å². The fraction of sp³-hybridized carbons (Fsp3) is 0.364. The first kappa shape index (κ1) is 11.9. The number of amides is 1. The van der Waals surface area contributed by atoms with Gasteiger partial charge in [-0.05, 0) is 17.9 Å². The monoisotopic (exact) mass is 224 g/mol. The largest absolute Gasteiger partial charge is 0.398 e. The predicted octanol–water partition coefficient (Wildman–Crippen LogP) is 1.29. The third kappa shape index (κ3) is 4.25. The van der Waals surface area contributed by atoms with Gasteiger partial charge in [0.1, 0.15) is 0 Å². The molecule has 0 unspecified atom stereocenters. The van der Waals surface area contributed by atoms with E-state index in [2.05, 4.69) is 5.32 Å². The topological polar surface area (TPSA) is 55.1 Å². The maximum atomic E-state index is 11.5. The number of anilines is 1. The van der Waals surface area contributed by atoms with Crippen LogP contribution in [-0.2, 0) is 11.2 Å². The van der Waals surface area contributed by atoms with Crippen LogP contribution in [0.5, 0.6) is 0 Å². The fourth-order valence-corrected chi connectivity index (χ4v) is 1.53. The Bertz CT molecular complexity index is 328. The van der Waals surface area contributed by atoms with Gasteiger partial charge in [-0.1, -0.05) is 18.2 Å². The Kier molecular flexibility index (Phi) is 5.04. The first-order valence-corrected chi connectivity index (χ1v) is 6.22. The van der Waals surface area contributed by atoms with Crippen LogP contribution in [0.15, 0.2) is 24.3 Å². The van der Waals surface area contributed by atoms with Crippen molar-refractivity contribution in [1.82, 2.24) is 5.32 Å². The molecule has 1 aromatic carbocycles. The lowest BCUT2D eigenvalue weighted by Crippen LogP contribution is -2.27. The average molecular weight is 224 g/mol. The summed E-state index contributed by atoms with van der Waals surface area (Å²) in [4.78, 5) is 11.5. The van der Waals surface area contributed by atoms with Crippen molar-refractivity contribution in [2.24, 2.45) is 0 Å². The second kappa shape index (κ2) is 6.35. The number of carbonyl (C=O) groups excluding carboxylic acids is 1. The minimum absolute atomic E-state index is 0.0296. The van der Waals surface area contributed by atoms with Gasteiger partial charge in [0.05, 0.1) is 6.42 Å². The minimum Gasteiger partial charge on any atom is -0.398 e. The van der Waals surface area contributed by atoms with Crippen molar-refractivity contribution in [3.8, 4) is 0 Å². The second-order valence-electron chi connectivity index (χ2n) is 3.22. The third-order valence-corrected chi connectivity index (χ3v) is 2.65. The Labute approximate surface area is 94.4 Å². The maximum Gasteiger partial charge on any atom is 0.224 e. The predicted molar refractivity (Wildman–Crippen MR) is 66.0 cm³/mol. The standard InChI is InChI=1S/C11H16N2OS/c1-15-7-6-13-11(14)8-9-4-2-3-5-10(9)12/h2-5H,6-8,12H2,1H3,(H,13,14). The molecule has 82 valence electrons. The molecule has 0 atom stereocenters. The number of nitrogen functional groups attached to an aromatic ring is 1. The lowest BCUT2D eigenvalue weighted by atomic mass is 10.1. The quantitative estimate of drug-likeness (QED) is 0.585. The number of para-hydroxylation sites is 1. The van der Waals surface area contributed by atoms with Crippen molar-refractivity contribution in [3.63, 3.8) is 0 Å². The SMILES string of the molecule is CSCCNC(=O)Cc1ccccc1N. The van der Waals surface area contributed by atoms with Crippen molar-refractivity contribution >= 4 is 23.4 Å². The highest BCUT2D eigenvalue weighted by molar-refractivity contribution is 7.98. The Balaban J connectivity index is 2.41. The van der Waals surface area contributed by atoms with Crippen LogP contribution in [0.3, 0.4) is 0 Å². The summed E-state index contributed by atoms with van der Waals surface area (Å²) in [6, 6.07) is 7.44. The van der Waals surface area contributed by atoms with E-state index in [1.54, 1.807) is 11.8 Å². The molecule has 1 amide bonds. The number of nitrogens with one attached hydrogen (secondary N) is 1. The van der Waals surface area contributed by atoms with Crippen LogP contribution in [-0.4, -0.2) is 24.5 Å². The molecule has 0 aromatic heterocycles. The van der Waals surface area contributed by atoms with Crippen LogP contribution in [0.1, 0.15) is 5.56 Å². The Morgan fingerprint density at radius 1 is 1.47 bits per heavy atom. The van der Waals surface area contributed by atoms with Crippen LogP contribution in [0.2, 0.25) is 0 Å². The molecule has 0 aliphatic rings. The molecule has 3 N–H and O–H groups in total. The number of hydrogen-bond donors (Lipinski definition) is 2. The summed E-state index contributed by atoms with van der Waals surface area (Å²) < 4.78 is 0. The van der Waals surface area contributed by atoms with E-state index in [0.29, 0.717) is 18.7 Å². The molecule has 0 aliphatic carbocycles. The van der Waals surface area contributed by atoms with Crippen molar-refractivity contribution < 1.29 is 4.79 Å². The van der Waals surface area contributed by atoms with Gasteiger partial charge in [0.25, 0.3) is 0 Å². The second-order valence-corrected chi connectivity index (χ2v) is 4.20. The zero-order chi connectivity index (χ0) is 11.1. The molecule has 0 bridgehead atoms. The summed E-state index contributed by atoms with van der Waals surface area (Å²) in [5.74, 6) is 0.970. The fourth-order valence-electron chi connectivity index (χ4n) is 1.22. The molecule has 0 saturated carbocycles. The molecule has 4 heteroatoms. The van der Waals surface area contributed by atoms with E-state index in [-0.39, 0.29) is 5.91 Å². The third-order valence-electron chi connectivity index (χ3n) is 2.03. The van der Waals surface area contributed by atoms with Gasteiger partial charge in [0.15, 0.2) is 0 Å². The average Bonchev–Trinajstić information content (AvgIpc) is 2.22. The summed E-state index contributed by atoms with van der Waals surface area (Å²) in [7, 11) is 0. The van der Waals surface area contributed by atoms with Gasteiger partial charge in [0, 0.05) is 18.0 Å². The molecule has 0 spiro atoms. The first-order chi connectivity index (χ1) is 7.24. The van der Waals surface area contributed by atoms with Crippen LogP contribution in [0, 0.1) is 0 Å². The molecule has 1 rings (SSSR count). The number of rotatable bonds is 5. The van der Waals surface area contributed by atoms with E-state index in [1.165, 1.54) is 0 Å². The number of thioether (sulfide) groups is 1. The van der Waals surface area contributed by atoms with Gasteiger partial charge in [-0.25, -0.2) is 0 Å². The Morgan fingerprint density at radius 2 is 2.20 bits per heavy atom. The smallest absolute Gasteiger partial charge is 0.224 e. The van der Waals surface area contributed by atoms with E-state index in [0.717, 1.165) is 11.3 Å². The molecule has 0 fully saturated rings. The van der Waals surface area contributed by atoms with Crippen LogP contribution < -0.4 is 11.1 Å². The van der Waals surface area contributed by atoms with Crippen molar-refractivity contribution in [2.75, 3.05) is 24.3 Å². The number of hydrogen-bond acceptors (Lipinski definition) is 3. The summed E-state index contributed by atoms with van der Waals surface area (Å²) in [6.45, 7) is 0.715. The number of carbonyl (C=O) groups is 1. The minimum atomic E-state index is 0.0296. The molecule has 0 radical (unpaired) electrons. The zero-order valence-electron chi connectivity index (χ0n) is 8.82. The molecule has 0 heterocycles. The van der Waals surface area contributed by atoms with Crippen molar-refractivity contribution in [3.05, 3.63) is 29.8 Å². The lowest BCUT2D eigenvalue weighted by molar-refractivity contribution is -0.120. The molecule has 1 aromatic rings. The van der Waals surface area contributed by atoms with E-state index < -0.39 is 0 Å².